The highest BCUT2D eigenvalue weighted by Crippen LogP contribution is 2.25. The van der Waals surface area contributed by atoms with Crippen molar-refractivity contribution in [2.75, 3.05) is 25.5 Å². The molecule has 0 saturated carbocycles. The van der Waals surface area contributed by atoms with Crippen molar-refractivity contribution < 1.29 is 8.42 Å². The average molecular weight is 242 g/mol. The molecule has 1 aromatic rings. The number of hydrogen-bond acceptors (Lipinski definition) is 3. The molecular weight excluding hydrogens is 224 g/mol. The summed E-state index contributed by atoms with van der Waals surface area (Å²) in [6.07, 6.45) is 0. The van der Waals surface area contributed by atoms with Crippen molar-refractivity contribution in [3.8, 4) is 0 Å². The Kier molecular flexibility index (Phi) is 4.32. The van der Waals surface area contributed by atoms with Gasteiger partial charge < -0.3 is 5.32 Å². The number of fused-ring (bicyclic) bond motifs is 1. The fourth-order valence-electron chi connectivity index (χ4n) is 1.47. The van der Waals surface area contributed by atoms with E-state index in [1.807, 2.05) is 19.9 Å². The summed E-state index contributed by atoms with van der Waals surface area (Å²) in [4.78, 5) is 0.361. The largest absolute Gasteiger partial charge is 0.383 e. The standard InChI is InChI=1S/C9H12N2O2S.C2H6/c1-11-7-6-10-8-4-2-3-5-9(8)14(11,12)13;1-2/h2-5,10H,6-7H2,1H3;1-2H3. The minimum absolute atomic E-state index is 0.361. The minimum atomic E-state index is -3.29. The van der Waals surface area contributed by atoms with Crippen LogP contribution >= 0.6 is 0 Å². The molecule has 5 heteroatoms. The number of nitrogens with one attached hydrogen (secondary N) is 1. The van der Waals surface area contributed by atoms with E-state index in [-0.39, 0.29) is 0 Å². The molecule has 0 aromatic heterocycles. The smallest absolute Gasteiger partial charge is 0.244 e. The van der Waals surface area contributed by atoms with Gasteiger partial charge in [0.25, 0.3) is 0 Å². The zero-order chi connectivity index (χ0) is 12.2. The Labute approximate surface area is 97.3 Å². The van der Waals surface area contributed by atoms with Crippen molar-refractivity contribution in [1.29, 1.82) is 0 Å². The van der Waals surface area contributed by atoms with Crippen LogP contribution < -0.4 is 5.32 Å². The van der Waals surface area contributed by atoms with Crippen LogP contribution in [0.4, 0.5) is 5.69 Å². The molecule has 0 bridgehead atoms. The molecular formula is C11H18N2O2S. The molecule has 1 aliphatic heterocycles. The second-order valence-electron chi connectivity index (χ2n) is 3.25. The van der Waals surface area contributed by atoms with Gasteiger partial charge in [0.1, 0.15) is 4.90 Å². The van der Waals surface area contributed by atoms with E-state index in [1.165, 1.54) is 4.31 Å². The summed E-state index contributed by atoms with van der Waals surface area (Å²) in [7, 11) is -1.69. The van der Waals surface area contributed by atoms with E-state index in [1.54, 1.807) is 25.2 Å². The molecule has 1 heterocycles. The zero-order valence-electron chi connectivity index (χ0n) is 9.90. The first-order valence-corrected chi connectivity index (χ1v) is 6.85. The highest BCUT2D eigenvalue weighted by atomic mass is 32.2. The molecule has 0 unspecified atom stereocenters. The molecule has 0 amide bonds. The predicted molar refractivity (Wildman–Crippen MR) is 66.1 cm³/mol. The Morgan fingerprint density at radius 1 is 1.25 bits per heavy atom. The van der Waals surface area contributed by atoms with Crippen LogP contribution in [0.15, 0.2) is 29.2 Å². The third kappa shape index (κ3) is 2.36. The van der Waals surface area contributed by atoms with Gasteiger partial charge in [-0.15, -0.1) is 0 Å². The van der Waals surface area contributed by atoms with Gasteiger partial charge in [-0.25, -0.2) is 8.42 Å². The summed E-state index contributed by atoms with van der Waals surface area (Å²) in [6.45, 7) is 5.14. The lowest BCUT2D eigenvalue weighted by Crippen LogP contribution is -2.28. The highest BCUT2D eigenvalue weighted by molar-refractivity contribution is 7.89. The minimum Gasteiger partial charge on any atom is -0.383 e. The SMILES string of the molecule is CC.CN1CCNc2ccccc2S1(=O)=O. The van der Waals surface area contributed by atoms with Gasteiger partial charge in [0, 0.05) is 20.1 Å². The summed E-state index contributed by atoms with van der Waals surface area (Å²) < 4.78 is 25.2. The topological polar surface area (TPSA) is 49.4 Å². The summed E-state index contributed by atoms with van der Waals surface area (Å²) in [5.41, 5.74) is 0.692. The number of anilines is 1. The maximum atomic E-state index is 11.9. The lowest BCUT2D eigenvalue weighted by atomic mass is 10.3. The molecule has 2 rings (SSSR count). The Balaban J connectivity index is 0.000000606. The van der Waals surface area contributed by atoms with Crippen molar-refractivity contribution in [2.24, 2.45) is 0 Å². The number of sulfonamides is 1. The van der Waals surface area contributed by atoms with Crippen LogP contribution in [0, 0.1) is 0 Å². The normalized spacial score (nSPS) is 18.4. The van der Waals surface area contributed by atoms with Crippen molar-refractivity contribution in [3.05, 3.63) is 24.3 Å². The Bertz CT molecular complexity index is 443. The average Bonchev–Trinajstić information content (AvgIpc) is 2.41. The predicted octanol–water partition coefficient (Wildman–Crippen LogP) is 1.76. The number of nitrogens with zero attached hydrogens (tertiary/aromatic N) is 1. The van der Waals surface area contributed by atoms with Crippen molar-refractivity contribution in [1.82, 2.24) is 4.31 Å². The lowest BCUT2D eigenvalue weighted by Gasteiger charge is -2.13. The van der Waals surface area contributed by atoms with Gasteiger partial charge in [0.05, 0.1) is 5.69 Å². The summed E-state index contributed by atoms with van der Waals surface area (Å²) in [5, 5.41) is 3.09. The van der Waals surface area contributed by atoms with Crippen molar-refractivity contribution in [2.45, 2.75) is 18.7 Å². The van der Waals surface area contributed by atoms with Gasteiger partial charge in [-0.1, -0.05) is 26.0 Å². The number of likely N-dealkylation sites (N-methyl/N-ethyl adjacent to an activating group) is 1. The third-order valence-electron chi connectivity index (χ3n) is 2.32. The van der Waals surface area contributed by atoms with Gasteiger partial charge in [-0.2, -0.15) is 4.31 Å². The Morgan fingerprint density at radius 2 is 1.88 bits per heavy atom. The molecule has 0 spiro atoms. The third-order valence-corrected chi connectivity index (χ3v) is 4.23. The molecule has 1 aromatic carbocycles. The van der Waals surface area contributed by atoms with Crippen LogP contribution in [0.2, 0.25) is 0 Å². The van der Waals surface area contributed by atoms with Crippen LogP contribution in [0.1, 0.15) is 13.8 Å². The van der Waals surface area contributed by atoms with E-state index in [0.29, 0.717) is 23.7 Å². The summed E-state index contributed by atoms with van der Waals surface area (Å²) >= 11 is 0. The fourth-order valence-corrected chi connectivity index (χ4v) is 2.81. The van der Waals surface area contributed by atoms with E-state index in [2.05, 4.69) is 5.32 Å². The van der Waals surface area contributed by atoms with Crippen LogP contribution in [-0.2, 0) is 10.0 Å². The number of para-hydroxylation sites is 1. The molecule has 90 valence electrons. The number of hydrogen-bond donors (Lipinski definition) is 1. The molecule has 0 atom stereocenters. The maximum absolute atomic E-state index is 11.9. The van der Waals surface area contributed by atoms with E-state index < -0.39 is 10.0 Å². The van der Waals surface area contributed by atoms with Gasteiger partial charge in [-0.05, 0) is 12.1 Å². The molecule has 4 nitrogen and oxygen atoms in total. The molecule has 1 aliphatic rings. The van der Waals surface area contributed by atoms with Crippen LogP contribution in [0.3, 0.4) is 0 Å². The molecule has 0 radical (unpaired) electrons. The maximum Gasteiger partial charge on any atom is 0.244 e. The molecule has 0 aliphatic carbocycles. The fraction of sp³-hybridized carbons (Fsp3) is 0.455. The van der Waals surface area contributed by atoms with Crippen LogP contribution in [0.25, 0.3) is 0 Å². The molecule has 16 heavy (non-hydrogen) atoms. The monoisotopic (exact) mass is 242 g/mol. The van der Waals surface area contributed by atoms with Crippen molar-refractivity contribution in [3.63, 3.8) is 0 Å². The van der Waals surface area contributed by atoms with Gasteiger partial charge in [0.15, 0.2) is 0 Å². The quantitative estimate of drug-likeness (QED) is 0.754. The molecule has 0 fully saturated rings. The second kappa shape index (κ2) is 5.32. The van der Waals surface area contributed by atoms with Crippen LogP contribution in [0.5, 0.6) is 0 Å². The first kappa shape index (κ1) is 13.0. The Hall–Kier alpha value is -1.07. The van der Waals surface area contributed by atoms with E-state index in [4.69, 9.17) is 0 Å². The van der Waals surface area contributed by atoms with Gasteiger partial charge in [-0.3, -0.25) is 0 Å². The summed E-state index contributed by atoms with van der Waals surface area (Å²) in [5.74, 6) is 0. The van der Waals surface area contributed by atoms with E-state index >= 15 is 0 Å². The lowest BCUT2D eigenvalue weighted by molar-refractivity contribution is 0.485. The molecule has 0 saturated heterocycles. The Morgan fingerprint density at radius 3 is 2.56 bits per heavy atom. The number of rotatable bonds is 0. The first-order chi connectivity index (χ1) is 7.62. The number of benzene rings is 1. The van der Waals surface area contributed by atoms with Crippen molar-refractivity contribution >= 4 is 15.7 Å². The van der Waals surface area contributed by atoms with Crippen LogP contribution in [-0.4, -0.2) is 32.9 Å². The molecule has 1 N–H and O–H groups in total. The summed E-state index contributed by atoms with van der Waals surface area (Å²) in [6, 6.07) is 6.97. The second-order valence-corrected chi connectivity index (χ2v) is 5.26. The highest BCUT2D eigenvalue weighted by Gasteiger charge is 2.25. The zero-order valence-corrected chi connectivity index (χ0v) is 10.7. The first-order valence-electron chi connectivity index (χ1n) is 5.41. The van der Waals surface area contributed by atoms with E-state index in [0.717, 1.165) is 0 Å². The van der Waals surface area contributed by atoms with Gasteiger partial charge >= 0.3 is 0 Å². The van der Waals surface area contributed by atoms with Gasteiger partial charge in [0.2, 0.25) is 10.0 Å². The van der Waals surface area contributed by atoms with E-state index in [9.17, 15) is 8.42 Å².